The molecule has 0 aliphatic carbocycles. The maximum absolute atomic E-state index is 11.2. The zero-order chi connectivity index (χ0) is 13.7. The second-order valence-electron chi connectivity index (χ2n) is 3.90. The summed E-state index contributed by atoms with van der Waals surface area (Å²) in [7, 11) is 1.36. The van der Waals surface area contributed by atoms with Crippen molar-refractivity contribution in [3.63, 3.8) is 0 Å². The first kappa shape index (κ1) is 12.9. The number of pyridine rings is 1. The quantitative estimate of drug-likeness (QED) is 0.851. The summed E-state index contributed by atoms with van der Waals surface area (Å²) in [6.45, 7) is 0. The van der Waals surface area contributed by atoms with Crippen LogP contribution in [0.3, 0.4) is 0 Å². The number of nitrogens with zero attached hydrogens (tertiary/aromatic N) is 1. The Morgan fingerprint density at radius 2 is 2.05 bits per heavy atom. The van der Waals surface area contributed by atoms with Crippen LogP contribution in [0.1, 0.15) is 5.56 Å². The van der Waals surface area contributed by atoms with Gasteiger partial charge in [-0.2, -0.15) is 4.98 Å². The van der Waals surface area contributed by atoms with Crippen LogP contribution >= 0.6 is 0 Å². The second kappa shape index (κ2) is 5.86. The molecule has 0 amide bonds. The zero-order valence-electron chi connectivity index (χ0n) is 10.5. The van der Waals surface area contributed by atoms with Crippen LogP contribution in [0.4, 0.5) is 5.82 Å². The second-order valence-corrected chi connectivity index (χ2v) is 3.90. The molecule has 2 rings (SSSR count). The van der Waals surface area contributed by atoms with Gasteiger partial charge in [0.15, 0.2) is 0 Å². The minimum Gasteiger partial charge on any atom is -0.469 e. The Morgan fingerprint density at radius 1 is 1.26 bits per heavy atom. The van der Waals surface area contributed by atoms with Gasteiger partial charge in [-0.15, -0.1) is 0 Å². The maximum Gasteiger partial charge on any atom is 0.309 e. The van der Waals surface area contributed by atoms with Gasteiger partial charge >= 0.3 is 5.97 Å². The van der Waals surface area contributed by atoms with Crippen molar-refractivity contribution < 1.29 is 14.3 Å². The Bertz CT molecular complexity index is 584. The summed E-state index contributed by atoms with van der Waals surface area (Å²) in [5.74, 6) is 1.11. The SMILES string of the molecule is COC(=O)Cc1cccc(Oc2cccc(N)n2)c1. The van der Waals surface area contributed by atoms with Crippen molar-refractivity contribution in [2.24, 2.45) is 0 Å². The lowest BCUT2D eigenvalue weighted by Crippen LogP contribution is -2.04. The Kier molecular flexibility index (Phi) is 3.97. The molecular weight excluding hydrogens is 244 g/mol. The smallest absolute Gasteiger partial charge is 0.309 e. The van der Waals surface area contributed by atoms with Gasteiger partial charge in [0.25, 0.3) is 0 Å². The number of hydrogen-bond donors (Lipinski definition) is 1. The molecule has 0 atom stereocenters. The fraction of sp³-hybridized carbons (Fsp3) is 0.143. The van der Waals surface area contributed by atoms with Crippen molar-refractivity contribution in [2.45, 2.75) is 6.42 Å². The third-order valence-corrected chi connectivity index (χ3v) is 2.44. The molecule has 0 aliphatic rings. The molecular formula is C14H14N2O3. The van der Waals surface area contributed by atoms with Gasteiger partial charge in [-0.25, -0.2) is 0 Å². The fourth-order valence-electron chi connectivity index (χ4n) is 1.57. The van der Waals surface area contributed by atoms with E-state index in [1.165, 1.54) is 7.11 Å². The lowest BCUT2D eigenvalue weighted by molar-refractivity contribution is -0.139. The summed E-state index contributed by atoms with van der Waals surface area (Å²) in [4.78, 5) is 15.2. The van der Waals surface area contributed by atoms with Crippen LogP contribution in [0.15, 0.2) is 42.5 Å². The van der Waals surface area contributed by atoms with Crippen molar-refractivity contribution in [3.05, 3.63) is 48.0 Å². The van der Waals surface area contributed by atoms with Crippen LogP contribution in [0.5, 0.6) is 11.6 Å². The first-order chi connectivity index (χ1) is 9.17. The number of nitrogen functional groups attached to an aromatic ring is 1. The van der Waals surface area contributed by atoms with E-state index in [9.17, 15) is 4.79 Å². The molecule has 0 bridgehead atoms. The molecule has 0 radical (unpaired) electrons. The number of ether oxygens (including phenoxy) is 2. The summed E-state index contributed by atoms with van der Waals surface area (Å²) in [6.07, 6.45) is 0.206. The van der Waals surface area contributed by atoms with Crippen molar-refractivity contribution in [1.29, 1.82) is 0 Å². The molecule has 5 nitrogen and oxygen atoms in total. The standard InChI is InChI=1S/C14H14N2O3/c1-18-14(17)9-10-4-2-5-11(8-10)19-13-7-3-6-12(15)16-13/h2-8H,9H2,1H3,(H2,15,16). The normalized spacial score (nSPS) is 9.95. The first-order valence-electron chi connectivity index (χ1n) is 5.73. The van der Waals surface area contributed by atoms with Crippen LogP contribution < -0.4 is 10.5 Å². The summed E-state index contributed by atoms with van der Waals surface area (Å²) in [5.41, 5.74) is 6.39. The number of rotatable bonds is 4. The topological polar surface area (TPSA) is 74.4 Å². The van der Waals surface area contributed by atoms with E-state index in [2.05, 4.69) is 9.72 Å². The zero-order valence-corrected chi connectivity index (χ0v) is 10.5. The van der Waals surface area contributed by atoms with Gasteiger partial charge in [-0.3, -0.25) is 4.79 Å². The number of carbonyl (C=O) groups is 1. The fourth-order valence-corrected chi connectivity index (χ4v) is 1.57. The lowest BCUT2D eigenvalue weighted by Gasteiger charge is -2.06. The summed E-state index contributed by atoms with van der Waals surface area (Å²) >= 11 is 0. The van der Waals surface area contributed by atoms with Crippen molar-refractivity contribution >= 4 is 11.8 Å². The molecule has 0 saturated carbocycles. The predicted molar refractivity (Wildman–Crippen MR) is 70.9 cm³/mol. The average molecular weight is 258 g/mol. The van der Waals surface area contributed by atoms with Crippen LogP contribution in [0.25, 0.3) is 0 Å². The van der Waals surface area contributed by atoms with Gasteiger partial charge < -0.3 is 15.2 Å². The van der Waals surface area contributed by atoms with E-state index >= 15 is 0 Å². The number of esters is 1. The highest BCUT2D eigenvalue weighted by Crippen LogP contribution is 2.21. The Balaban J connectivity index is 2.13. The van der Waals surface area contributed by atoms with Gasteiger partial charge in [-0.05, 0) is 23.8 Å². The lowest BCUT2D eigenvalue weighted by atomic mass is 10.1. The Morgan fingerprint density at radius 3 is 2.79 bits per heavy atom. The van der Waals surface area contributed by atoms with Crippen LogP contribution in [0, 0.1) is 0 Å². The van der Waals surface area contributed by atoms with Gasteiger partial charge in [0.05, 0.1) is 13.5 Å². The van der Waals surface area contributed by atoms with E-state index in [1.807, 2.05) is 6.07 Å². The van der Waals surface area contributed by atoms with Gasteiger partial charge in [0.1, 0.15) is 11.6 Å². The van der Waals surface area contributed by atoms with Crippen molar-refractivity contribution in [3.8, 4) is 11.6 Å². The Labute approximate surface area is 111 Å². The van der Waals surface area contributed by atoms with E-state index in [1.54, 1.807) is 36.4 Å². The van der Waals surface area contributed by atoms with E-state index in [0.717, 1.165) is 5.56 Å². The number of aromatic nitrogens is 1. The molecule has 0 aliphatic heterocycles. The van der Waals surface area contributed by atoms with Gasteiger partial charge in [0, 0.05) is 6.07 Å². The molecule has 0 saturated heterocycles. The molecule has 1 heterocycles. The number of nitrogens with two attached hydrogens (primary N) is 1. The molecule has 98 valence electrons. The monoisotopic (exact) mass is 258 g/mol. The number of hydrogen-bond acceptors (Lipinski definition) is 5. The van der Waals surface area contributed by atoms with Gasteiger partial charge in [-0.1, -0.05) is 18.2 Å². The van der Waals surface area contributed by atoms with Crippen molar-refractivity contribution in [2.75, 3.05) is 12.8 Å². The molecule has 0 spiro atoms. The molecule has 19 heavy (non-hydrogen) atoms. The summed E-state index contributed by atoms with van der Waals surface area (Å²) in [5, 5.41) is 0. The molecule has 2 aromatic rings. The summed E-state index contributed by atoms with van der Waals surface area (Å²) < 4.78 is 10.2. The van der Waals surface area contributed by atoms with Crippen molar-refractivity contribution in [1.82, 2.24) is 4.98 Å². The Hall–Kier alpha value is -2.56. The van der Waals surface area contributed by atoms with E-state index < -0.39 is 0 Å². The van der Waals surface area contributed by atoms with Gasteiger partial charge in [0.2, 0.25) is 5.88 Å². The van der Waals surface area contributed by atoms with Crippen LogP contribution in [0.2, 0.25) is 0 Å². The molecule has 1 aromatic carbocycles. The minimum absolute atomic E-state index is 0.206. The number of benzene rings is 1. The highest BCUT2D eigenvalue weighted by atomic mass is 16.5. The highest BCUT2D eigenvalue weighted by Gasteiger charge is 2.05. The molecule has 1 aromatic heterocycles. The predicted octanol–water partition coefficient (Wildman–Crippen LogP) is 2.17. The largest absolute Gasteiger partial charge is 0.469 e. The van der Waals surface area contributed by atoms with Crippen LogP contribution in [-0.2, 0) is 16.0 Å². The number of methoxy groups -OCH3 is 1. The molecule has 0 unspecified atom stereocenters. The maximum atomic E-state index is 11.2. The molecule has 5 heteroatoms. The number of carbonyl (C=O) groups excluding carboxylic acids is 1. The number of anilines is 1. The van der Waals surface area contributed by atoms with Crippen LogP contribution in [-0.4, -0.2) is 18.1 Å². The first-order valence-corrected chi connectivity index (χ1v) is 5.73. The molecule has 0 fully saturated rings. The van der Waals surface area contributed by atoms with E-state index in [0.29, 0.717) is 17.4 Å². The highest BCUT2D eigenvalue weighted by molar-refractivity contribution is 5.72. The summed E-state index contributed by atoms with van der Waals surface area (Å²) in [6, 6.07) is 12.3. The minimum atomic E-state index is -0.292. The van der Waals surface area contributed by atoms with E-state index in [4.69, 9.17) is 10.5 Å². The van der Waals surface area contributed by atoms with E-state index in [-0.39, 0.29) is 12.4 Å². The average Bonchev–Trinajstić information content (AvgIpc) is 2.39. The third kappa shape index (κ3) is 3.70. The third-order valence-electron chi connectivity index (χ3n) is 2.44. The molecule has 2 N–H and O–H groups in total.